The van der Waals surface area contributed by atoms with E-state index in [0.29, 0.717) is 11.3 Å². The lowest BCUT2D eigenvalue weighted by atomic mass is 10.1. The van der Waals surface area contributed by atoms with Crippen molar-refractivity contribution in [3.05, 3.63) is 63.9 Å². The number of nitrogens with two attached hydrogens (primary N) is 1. The zero-order valence-electron chi connectivity index (χ0n) is 11.1. The van der Waals surface area contributed by atoms with Crippen LogP contribution in [0.1, 0.15) is 15.9 Å². The van der Waals surface area contributed by atoms with Crippen molar-refractivity contribution in [2.24, 2.45) is 5.73 Å². The molecule has 0 unspecified atom stereocenters. The van der Waals surface area contributed by atoms with Crippen LogP contribution in [0.2, 0.25) is 0 Å². The molecule has 3 nitrogen and oxygen atoms in total. The molecule has 2 aromatic rings. The van der Waals surface area contributed by atoms with Crippen LogP contribution in [0, 0.1) is 5.82 Å². The highest BCUT2D eigenvalue weighted by Crippen LogP contribution is 2.25. The Morgan fingerprint density at radius 1 is 1.19 bits per heavy atom. The van der Waals surface area contributed by atoms with Gasteiger partial charge in [-0.15, -0.1) is 0 Å². The van der Waals surface area contributed by atoms with Gasteiger partial charge in [0.25, 0.3) is 5.91 Å². The van der Waals surface area contributed by atoms with Crippen LogP contribution in [0.4, 0.5) is 10.1 Å². The molecule has 0 saturated carbocycles. The molecule has 0 aromatic heterocycles. The molecule has 0 radical (unpaired) electrons. The summed E-state index contributed by atoms with van der Waals surface area (Å²) in [7, 11) is 1.59. The number of para-hydroxylation sites is 1. The zero-order chi connectivity index (χ0) is 15.6. The van der Waals surface area contributed by atoms with Gasteiger partial charge in [-0.1, -0.05) is 30.4 Å². The summed E-state index contributed by atoms with van der Waals surface area (Å²) in [5.74, 6) is -0.845. The summed E-state index contributed by atoms with van der Waals surface area (Å²) < 4.78 is 13.7. The first-order valence-electron chi connectivity index (χ1n) is 6.04. The number of hydrogen-bond donors (Lipinski definition) is 1. The van der Waals surface area contributed by atoms with Crippen molar-refractivity contribution in [1.82, 2.24) is 0 Å². The van der Waals surface area contributed by atoms with Crippen LogP contribution >= 0.6 is 28.1 Å². The average molecular weight is 367 g/mol. The number of rotatable bonds is 3. The van der Waals surface area contributed by atoms with Gasteiger partial charge in [0.2, 0.25) is 0 Å². The molecule has 0 heterocycles. The highest BCUT2D eigenvalue weighted by molar-refractivity contribution is 9.10. The third kappa shape index (κ3) is 3.11. The first-order valence-corrected chi connectivity index (χ1v) is 7.24. The van der Waals surface area contributed by atoms with E-state index >= 15 is 0 Å². The maximum Gasteiger partial charge on any atom is 0.259 e. The molecule has 0 saturated heterocycles. The summed E-state index contributed by atoms with van der Waals surface area (Å²) in [4.78, 5) is 14.1. The van der Waals surface area contributed by atoms with Crippen LogP contribution in [0.5, 0.6) is 0 Å². The molecule has 2 aromatic carbocycles. The van der Waals surface area contributed by atoms with Crippen LogP contribution in [-0.2, 0) is 0 Å². The van der Waals surface area contributed by atoms with Crippen molar-refractivity contribution in [2.45, 2.75) is 0 Å². The van der Waals surface area contributed by atoms with Gasteiger partial charge in [0, 0.05) is 12.6 Å². The van der Waals surface area contributed by atoms with Crippen molar-refractivity contribution in [2.75, 3.05) is 11.9 Å². The number of amides is 1. The van der Waals surface area contributed by atoms with Gasteiger partial charge in [-0.3, -0.25) is 4.79 Å². The Labute approximate surface area is 135 Å². The van der Waals surface area contributed by atoms with Gasteiger partial charge in [-0.05, 0) is 40.2 Å². The molecule has 0 fully saturated rings. The quantitative estimate of drug-likeness (QED) is 0.845. The number of nitrogens with zero attached hydrogens (tertiary/aromatic N) is 1. The molecule has 0 aliphatic carbocycles. The predicted octanol–water partition coefficient (Wildman–Crippen LogP) is 3.50. The van der Waals surface area contributed by atoms with E-state index in [2.05, 4.69) is 15.9 Å². The molecule has 1 amide bonds. The Kier molecular flexibility index (Phi) is 4.69. The third-order valence-electron chi connectivity index (χ3n) is 3.02. The number of hydrogen-bond acceptors (Lipinski definition) is 2. The number of anilines is 1. The number of carbonyl (C=O) groups is 1. The van der Waals surface area contributed by atoms with Crippen molar-refractivity contribution in [3.8, 4) is 0 Å². The summed E-state index contributed by atoms with van der Waals surface area (Å²) >= 11 is 8.09. The Balaban J connectivity index is 2.45. The van der Waals surface area contributed by atoms with Crippen LogP contribution in [0.3, 0.4) is 0 Å². The fourth-order valence-electron chi connectivity index (χ4n) is 1.93. The molecule has 6 heteroatoms. The molecule has 0 bridgehead atoms. The molecule has 21 heavy (non-hydrogen) atoms. The third-order valence-corrected chi connectivity index (χ3v) is 4.04. The molecule has 2 N–H and O–H groups in total. The normalized spacial score (nSPS) is 10.2. The number of carbonyl (C=O) groups excluding carboxylic acids is 1. The number of thiocarbonyl (C=S) groups is 1. The van der Waals surface area contributed by atoms with Crippen molar-refractivity contribution in [3.63, 3.8) is 0 Å². The van der Waals surface area contributed by atoms with Gasteiger partial charge < -0.3 is 10.6 Å². The van der Waals surface area contributed by atoms with E-state index < -0.39 is 5.82 Å². The number of halogens is 2. The summed E-state index contributed by atoms with van der Waals surface area (Å²) in [5.41, 5.74) is 7.07. The van der Waals surface area contributed by atoms with Crippen LogP contribution in [0.25, 0.3) is 0 Å². The standard InChI is InChI=1S/C15H12BrFN2OS/c1-19(12-8-3-2-5-9(12)14(18)21)15(20)10-6-4-7-11(17)13(10)16/h2-8H,1H3,(H2,18,21). The first-order chi connectivity index (χ1) is 9.93. The minimum atomic E-state index is -0.489. The lowest BCUT2D eigenvalue weighted by Gasteiger charge is -2.21. The Hall–Kier alpha value is -1.79. The Bertz CT molecular complexity index is 721. The van der Waals surface area contributed by atoms with Crippen LogP contribution in [-0.4, -0.2) is 17.9 Å². The van der Waals surface area contributed by atoms with E-state index in [1.807, 2.05) is 0 Å². The maximum atomic E-state index is 13.6. The molecular weight excluding hydrogens is 355 g/mol. The largest absolute Gasteiger partial charge is 0.389 e. The molecular formula is C15H12BrFN2OS. The van der Waals surface area contributed by atoms with Crippen molar-refractivity contribution < 1.29 is 9.18 Å². The van der Waals surface area contributed by atoms with Gasteiger partial charge in [-0.2, -0.15) is 0 Å². The van der Waals surface area contributed by atoms with E-state index in [-0.39, 0.29) is 20.9 Å². The monoisotopic (exact) mass is 366 g/mol. The lowest BCUT2D eigenvalue weighted by Crippen LogP contribution is -2.29. The first kappa shape index (κ1) is 15.6. The highest BCUT2D eigenvalue weighted by atomic mass is 79.9. The van der Waals surface area contributed by atoms with Crippen molar-refractivity contribution >= 4 is 44.7 Å². The zero-order valence-corrected chi connectivity index (χ0v) is 13.5. The second kappa shape index (κ2) is 6.32. The summed E-state index contributed by atoms with van der Waals surface area (Å²) in [5, 5.41) is 0. The average Bonchev–Trinajstić information content (AvgIpc) is 2.48. The Morgan fingerprint density at radius 3 is 2.48 bits per heavy atom. The van der Waals surface area contributed by atoms with E-state index in [4.69, 9.17) is 18.0 Å². The summed E-state index contributed by atoms with van der Waals surface area (Å²) in [6, 6.07) is 11.4. The van der Waals surface area contributed by atoms with Gasteiger partial charge in [-0.25, -0.2) is 4.39 Å². The second-order valence-corrected chi connectivity index (χ2v) is 5.58. The van der Waals surface area contributed by atoms with E-state index in [9.17, 15) is 9.18 Å². The summed E-state index contributed by atoms with van der Waals surface area (Å²) in [6.45, 7) is 0. The van der Waals surface area contributed by atoms with Crippen LogP contribution in [0.15, 0.2) is 46.9 Å². The molecule has 0 aliphatic heterocycles. The SMILES string of the molecule is CN(C(=O)c1cccc(F)c1Br)c1ccccc1C(N)=S. The minimum Gasteiger partial charge on any atom is -0.389 e. The van der Waals surface area contributed by atoms with E-state index in [1.165, 1.54) is 17.0 Å². The fraction of sp³-hybridized carbons (Fsp3) is 0.0667. The van der Waals surface area contributed by atoms with Crippen molar-refractivity contribution in [1.29, 1.82) is 0 Å². The van der Waals surface area contributed by atoms with Crippen LogP contribution < -0.4 is 10.6 Å². The van der Waals surface area contributed by atoms with Gasteiger partial charge in [0.05, 0.1) is 15.7 Å². The fourth-order valence-corrected chi connectivity index (χ4v) is 2.54. The van der Waals surface area contributed by atoms with Gasteiger partial charge in [0.1, 0.15) is 10.8 Å². The number of benzene rings is 2. The lowest BCUT2D eigenvalue weighted by molar-refractivity contribution is 0.0991. The molecule has 2 rings (SSSR count). The summed E-state index contributed by atoms with van der Waals surface area (Å²) in [6.07, 6.45) is 0. The van der Waals surface area contributed by atoms with Gasteiger partial charge in [0.15, 0.2) is 0 Å². The predicted molar refractivity (Wildman–Crippen MR) is 89.2 cm³/mol. The highest BCUT2D eigenvalue weighted by Gasteiger charge is 2.20. The maximum absolute atomic E-state index is 13.6. The van der Waals surface area contributed by atoms with Gasteiger partial charge >= 0.3 is 0 Å². The topological polar surface area (TPSA) is 46.3 Å². The van der Waals surface area contributed by atoms with E-state index in [0.717, 1.165) is 0 Å². The molecule has 0 spiro atoms. The smallest absolute Gasteiger partial charge is 0.259 e. The second-order valence-electron chi connectivity index (χ2n) is 4.35. The van der Waals surface area contributed by atoms with E-state index in [1.54, 1.807) is 37.4 Å². The molecule has 0 atom stereocenters. The molecule has 0 aliphatic rings. The Morgan fingerprint density at radius 2 is 1.81 bits per heavy atom. The minimum absolute atomic E-state index is 0.134. The molecule has 108 valence electrons.